The van der Waals surface area contributed by atoms with Gasteiger partial charge in [-0.2, -0.15) is 0 Å². The smallest absolute Gasteiger partial charge is 0.253 e. The largest absolute Gasteiger partial charge is 0.379 e. The molecule has 2 atom stereocenters. The molecule has 226 valence electrons. The van der Waals surface area contributed by atoms with Crippen LogP contribution >= 0.6 is 11.8 Å². The van der Waals surface area contributed by atoms with Gasteiger partial charge in [-0.3, -0.25) is 33.7 Å². The molecule has 0 saturated heterocycles. The van der Waals surface area contributed by atoms with Crippen LogP contribution in [-0.4, -0.2) is 124 Å². The van der Waals surface area contributed by atoms with Crippen LogP contribution < -0.4 is 16.0 Å². The Bertz CT molecular complexity index is 868. The number of thioether (sulfide) groups is 1. The fraction of sp³-hybridized carbons (Fsp3) is 0.680. The average Bonchev–Trinajstić information content (AvgIpc) is 3.25. The van der Waals surface area contributed by atoms with Gasteiger partial charge in [0, 0.05) is 38.1 Å². The molecule has 3 N–H and O–H groups in total. The molecule has 0 radical (unpaired) electrons. The number of carbonyl (C=O) groups is 6. The minimum atomic E-state index is -0.769. The van der Waals surface area contributed by atoms with E-state index in [9.17, 15) is 28.8 Å². The molecule has 1 aliphatic heterocycles. The fourth-order valence-electron chi connectivity index (χ4n) is 3.10. The standard InChI is InChI=1S/C25H40N4O10S/c1-18(24(34)28-19(2)25(35)40-3)27-21(31)7-10-36-12-14-38-16-17-39-15-13-37-11-8-26-20(30)6-9-29-22(32)4-5-23(29)33/h4-5,18-19H,6-17H2,1-3H3,(H,26,30)(H,27,31)(H,28,34)/t18-,19-/m0/s1. The molecule has 0 saturated carbocycles. The van der Waals surface area contributed by atoms with Crippen LogP contribution in [0.1, 0.15) is 26.7 Å². The molecule has 0 fully saturated rings. The molecule has 15 heteroatoms. The van der Waals surface area contributed by atoms with Crippen LogP contribution in [0.2, 0.25) is 0 Å². The summed E-state index contributed by atoms with van der Waals surface area (Å²) in [6, 6.07) is -1.40. The Balaban J connectivity index is 1.87. The average molecular weight is 589 g/mol. The van der Waals surface area contributed by atoms with E-state index in [2.05, 4.69) is 16.0 Å². The lowest BCUT2D eigenvalue weighted by Gasteiger charge is -2.17. The molecule has 0 bridgehead atoms. The third kappa shape index (κ3) is 15.7. The Morgan fingerprint density at radius 2 is 1.27 bits per heavy atom. The van der Waals surface area contributed by atoms with Gasteiger partial charge in [0.05, 0.1) is 58.9 Å². The maximum Gasteiger partial charge on any atom is 0.253 e. The van der Waals surface area contributed by atoms with Crippen molar-refractivity contribution in [2.75, 3.05) is 72.2 Å². The first kappa shape index (κ1) is 35.2. The fourth-order valence-corrected chi connectivity index (χ4v) is 3.51. The SMILES string of the molecule is CSC(=O)[C@H](C)NC(=O)[C@H](C)NC(=O)CCOCCOCCOCCOCCNC(=O)CCN1C(=O)C=CC1=O. The molecule has 1 aliphatic rings. The number of amides is 5. The van der Waals surface area contributed by atoms with Gasteiger partial charge in [0.1, 0.15) is 6.04 Å². The monoisotopic (exact) mass is 588 g/mol. The van der Waals surface area contributed by atoms with Crippen LogP contribution in [0.3, 0.4) is 0 Å². The van der Waals surface area contributed by atoms with Gasteiger partial charge in [0.25, 0.3) is 11.8 Å². The molecule has 0 aliphatic carbocycles. The highest BCUT2D eigenvalue weighted by atomic mass is 32.2. The Hall–Kier alpha value is -2.85. The van der Waals surface area contributed by atoms with E-state index in [0.717, 1.165) is 16.7 Å². The lowest BCUT2D eigenvalue weighted by Crippen LogP contribution is -2.49. The van der Waals surface area contributed by atoms with E-state index >= 15 is 0 Å². The zero-order valence-corrected chi connectivity index (χ0v) is 24.0. The Morgan fingerprint density at radius 1 is 0.750 bits per heavy atom. The van der Waals surface area contributed by atoms with Gasteiger partial charge in [-0.25, -0.2) is 0 Å². The zero-order valence-electron chi connectivity index (χ0n) is 23.2. The van der Waals surface area contributed by atoms with Crippen molar-refractivity contribution in [3.05, 3.63) is 12.2 Å². The Morgan fingerprint density at radius 3 is 1.82 bits per heavy atom. The predicted molar refractivity (Wildman–Crippen MR) is 145 cm³/mol. The molecule has 0 unspecified atom stereocenters. The summed E-state index contributed by atoms with van der Waals surface area (Å²) < 4.78 is 21.5. The van der Waals surface area contributed by atoms with Crippen molar-refractivity contribution in [3.63, 3.8) is 0 Å². The first-order valence-electron chi connectivity index (χ1n) is 12.9. The molecular formula is C25H40N4O10S. The van der Waals surface area contributed by atoms with Gasteiger partial charge in [0.2, 0.25) is 22.8 Å². The minimum absolute atomic E-state index is 0.0327. The number of rotatable bonds is 22. The van der Waals surface area contributed by atoms with E-state index in [4.69, 9.17) is 18.9 Å². The lowest BCUT2D eigenvalue weighted by molar-refractivity contribution is -0.137. The highest BCUT2D eigenvalue weighted by Crippen LogP contribution is 2.04. The highest BCUT2D eigenvalue weighted by molar-refractivity contribution is 8.13. The second-order valence-electron chi connectivity index (χ2n) is 8.50. The van der Waals surface area contributed by atoms with E-state index in [1.165, 1.54) is 12.2 Å². The van der Waals surface area contributed by atoms with Crippen LogP contribution in [0, 0.1) is 0 Å². The number of nitrogens with one attached hydrogen (secondary N) is 3. The summed E-state index contributed by atoms with van der Waals surface area (Å²) in [4.78, 5) is 71.1. The molecule has 0 aromatic rings. The number of nitrogens with zero attached hydrogens (tertiary/aromatic N) is 1. The molecular weight excluding hydrogens is 548 g/mol. The molecule has 1 heterocycles. The first-order valence-corrected chi connectivity index (χ1v) is 14.2. The van der Waals surface area contributed by atoms with E-state index in [1.807, 2.05) is 0 Å². The van der Waals surface area contributed by atoms with Gasteiger partial charge in [-0.15, -0.1) is 0 Å². The number of ether oxygens (including phenoxy) is 4. The number of carbonyl (C=O) groups excluding carboxylic acids is 6. The summed E-state index contributed by atoms with van der Waals surface area (Å²) in [5.74, 6) is -1.87. The van der Waals surface area contributed by atoms with Crippen LogP contribution in [0.5, 0.6) is 0 Å². The van der Waals surface area contributed by atoms with Gasteiger partial charge in [-0.05, 0) is 20.1 Å². The first-order chi connectivity index (χ1) is 19.1. The van der Waals surface area contributed by atoms with Crippen molar-refractivity contribution >= 4 is 46.4 Å². The quantitative estimate of drug-likeness (QED) is 0.102. The summed E-state index contributed by atoms with van der Waals surface area (Å²) in [5, 5.41) is 7.60. The Labute approximate surface area is 238 Å². The van der Waals surface area contributed by atoms with Crippen molar-refractivity contribution in [2.24, 2.45) is 0 Å². The van der Waals surface area contributed by atoms with Crippen LogP contribution in [0.4, 0.5) is 0 Å². The van der Waals surface area contributed by atoms with Gasteiger partial charge >= 0.3 is 0 Å². The molecule has 1 rings (SSSR count). The van der Waals surface area contributed by atoms with Crippen molar-refractivity contribution < 1.29 is 47.7 Å². The van der Waals surface area contributed by atoms with Gasteiger partial charge in [0.15, 0.2) is 0 Å². The molecule has 0 spiro atoms. The topological polar surface area (TPSA) is 179 Å². The summed E-state index contributed by atoms with van der Waals surface area (Å²) in [5.41, 5.74) is 0. The Kier molecular flexibility index (Phi) is 18.4. The molecule has 14 nitrogen and oxygen atoms in total. The second kappa shape index (κ2) is 21.0. The van der Waals surface area contributed by atoms with E-state index < -0.39 is 29.8 Å². The number of imide groups is 1. The maximum absolute atomic E-state index is 12.0. The summed E-state index contributed by atoms with van der Waals surface area (Å²) >= 11 is 1.03. The third-order valence-corrected chi connectivity index (χ3v) is 6.06. The second-order valence-corrected chi connectivity index (χ2v) is 9.31. The lowest BCUT2D eigenvalue weighted by atomic mass is 10.2. The van der Waals surface area contributed by atoms with Crippen LogP contribution in [0.15, 0.2) is 12.2 Å². The molecule has 0 aromatic carbocycles. The number of hydrogen-bond donors (Lipinski definition) is 3. The van der Waals surface area contributed by atoms with Gasteiger partial charge in [-0.1, -0.05) is 11.8 Å². The van der Waals surface area contributed by atoms with Crippen molar-refractivity contribution in [1.29, 1.82) is 0 Å². The molecule has 0 aromatic heterocycles. The molecule has 40 heavy (non-hydrogen) atoms. The van der Waals surface area contributed by atoms with Crippen molar-refractivity contribution in [3.8, 4) is 0 Å². The van der Waals surface area contributed by atoms with Crippen molar-refractivity contribution in [1.82, 2.24) is 20.9 Å². The molecule has 5 amide bonds. The maximum atomic E-state index is 12.0. The zero-order chi connectivity index (χ0) is 29.8. The number of hydrogen-bond acceptors (Lipinski definition) is 11. The van der Waals surface area contributed by atoms with Crippen LogP contribution in [0.25, 0.3) is 0 Å². The third-order valence-electron chi connectivity index (χ3n) is 5.31. The summed E-state index contributed by atoms with van der Waals surface area (Å²) in [6.45, 7) is 6.02. The van der Waals surface area contributed by atoms with E-state index in [-0.39, 0.29) is 42.9 Å². The predicted octanol–water partition coefficient (Wildman–Crippen LogP) is -1.23. The normalized spacial score (nSPS) is 14.2. The summed E-state index contributed by atoms with van der Waals surface area (Å²) in [6.07, 6.45) is 4.11. The van der Waals surface area contributed by atoms with E-state index in [1.54, 1.807) is 20.1 Å². The van der Waals surface area contributed by atoms with Gasteiger partial charge < -0.3 is 34.9 Å². The van der Waals surface area contributed by atoms with Crippen molar-refractivity contribution in [2.45, 2.75) is 38.8 Å². The minimum Gasteiger partial charge on any atom is -0.379 e. The van der Waals surface area contributed by atoms with E-state index in [0.29, 0.717) is 52.8 Å². The summed E-state index contributed by atoms with van der Waals surface area (Å²) in [7, 11) is 0. The van der Waals surface area contributed by atoms with Crippen LogP contribution in [-0.2, 0) is 47.7 Å². The highest BCUT2D eigenvalue weighted by Gasteiger charge is 2.23.